The van der Waals surface area contributed by atoms with Crippen LogP contribution in [0.15, 0.2) is 53.9 Å². The Morgan fingerprint density at radius 3 is 2.54 bits per heavy atom. The molecule has 6 nitrogen and oxygen atoms in total. The van der Waals surface area contributed by atoms with Crippen molar-refractivity contribution in [1.82, 2.24) is 24.6 Å². The summed E-state index contributed by atoms with van der Waals surface area (Å²) in [5.41, 5.74) is 3.36. The summed E-state index contributed by atoms with van der Waals surface area (Å²) in [4.78, 5) is 18.4. The van der Waals surface area contributed by atoms with Crippen LogP contribution in [0.5, 0.6) is 0 Å². The summed E-state index contributed by atoms with van der Waals surface area (Å²) in [6.45, 7) is 2.67. The second kappa shape index (κ2) is 8.14. The number of amides is 1. The molecule has 0 N–H and O–H groups in total. The van der Waals surface area contributed by atoms with Crippen LogP contribution in [0.4, 0.5) is 0 Å². The molecule has 2 heterocycles. The maximum absolute atomic E-state index is 12.6. The lowest BCUT2D eigenvalue weighted by Gasteiger charge is -2.17. The van der Waals surface area contributed by atoms with Crippen molar-refractivity contribution in [1.29, 1.82) is 0 Å². The van der Waals surface area contributed by atoms with Gasteiger partial charge in [-0.3, -0.25) is 14.3 Å². The molecule has 1 aliphatic carbocycles. The smallest absolute Gasteiger partial charge is 0.233 e. The molecule has 4 rings (SSSR count). The average molecular weight is 394 g/mol. The fraction of sp³-hybridized carbons (Fsp3) is 0.333. The van der Waals surface area contributed by atoms with Gasteiger partial charge >= 0.3 is 0 Å². The maximum atomic E-state index is 12.6. The molecular weight excluding hydrogens is 370 g/mol. The first-order chi connectivity index (χ1) is 13.6. The van der Waals surface area contributed by atoms with Gasteiger partial charge in [-0.2, -0.15) is 0 Å². The van der Waals surface area contributed by atoms with E-state index in [9.17, 15) is 4.79 Å². The highest BCUT2D eigenvalue weighted by Gasteiger charge is 2.30. The third-order valence-corrected chi connectivity index (χ3v) is 5.73. The van der Waals surface area contributed by atoms with Gasteiger partial charge in [0, 0.05) is 37.6 Å². The lowest BCUT2D eigenvalue weighted by molar-refractivity contribution is -0.127. The number of carbonyl (C=O) groups is 1. The molecule has 144 valence electrons. The first-order valence-electron chi connectivity index (χ1n) is 9.39. The number of pyridine rings is 1. The van der Waals surface area contributed by atoms with Crippen LogP contribution in [0.1, 0.15) is 30.0 Å². The van der Waals surface area contributed by atoms with Crippen LogP contribution in [-0.4, -0.2) is 43.4 Å². The van der Waals surface area contributed by atoms with Crippen molar-refractivity contribution < 1.29 is 4.79 Å². The van der Waals surface area contributed by atoms with Gasteiger partial charge in [-0.1, -0.05) is 41.6 Å². The van der Waals surface area contributed by atoms with E-state index in [1.807, 2.05) is 19.2 Å². The van der Waals surface area contributed by atoms with Crippen molar-refractivity contribution in [2.45, 2.75) is 37.5 Å². The number of aryl methyl sites for hydroxylation is 1. The zero-order valence-corrected chi connectivity index (χ0v) is 16.9. The van der Waals surface area contributed by atoms with Gasteiger partial charge < -0.3 is 4.90 Å². The van der Waals surface area contributed by atoms with Crippen molar-refractivity contribution in [3.05, 3.63) is 59.9 Å². The minimum Gasteiger partial charge on any atom is -0.341 e. The maximum Gasteiger partial charge on any atom is 0.233 e. The lowest BCUT2D eigenvalue weighted by Crippen LogP contribution is -2.27. The third kappa shape index (κ3) is 4.25. The Morgan fingerprint density at radius 1 is 1.14 bits per heavy atom. The SMILES string of the molecule is Cc1ccc(CN(C)C(=O)CSc2nnc(-c3ccncc3)n2C2CC2)cc1. The zero-order chi connectivity index (χ0) is 19.5. The van der Waals surface area contributed by atoms with Gasteiger partial charge in [-0.25, -0.2) is 0 Å². The lowest BCUT2D eigenvalue weighted by atomic mass is 10.1. The highest BCUT2D eigenvalue weighted by Crippen LogP contribution is 2.40. The quantitative estimate of drug-likeness (QED) is 0.572. The summed E-state index contributed by atoms with van der Waals surface area (Å²) in [6, 6.07) is 12.6. The summed E-state index contributed by atoms with van der Waals surface area (Å²) < 4.78 is 2.17. The Bertz CT molecular complexity index is 951. The second-order valence-corrected chi connectivity index (χ2v) is 8.11. The Kier molecular flexibility index (Phi) is 5.43. The largest absolute Gasteiger partial charge is 0.341 e. The normalized spacial score (nSPS) is 13.5. The van der Waals surface area contributed by atoms with Crippen molar-refractivity contribution in [3.8, 4) is 11.4 Å². The highest BCUT2D eigenvalue weighted by molar-refractivity contribution is 7.99. The van der Waals surface area contributed by atoms with E-state index in [0.717, 1.165) is 34.9 Å². The minimum atomic E-state index is 0.0846. The van der Waals surface area contributed by atoms with Gasteiger partial charge in [-0.15, -0.1) is 10.2 Å². The van der Waals surface area contributed by atoms with Crippen molar-refractivity contribution in [2.75, 3.05) is 12.8 Å². The fourth-order valence-electron chi connectivity index (χ4n) is 3.03. The number of rotatable bonds is 7. The molecule has 2 aromatic heterocycles. The minimum absolute atomic E-state index is 0.0846. The summed E-state index contributed by atoms with van der Waals surface area (Å²) in [5.74, 6) is 1.29. The van der Waals surface area contributed by atoms with E-state index in [2.05, 4.69) is 50.9 Å². The molecule has 3 aromatic rings. The number of aromatic nitrogens is 4. The van der Waals surface area contributed by atoms with Crippen LogP contribution < -0.4 is 0 Å². The zero-order valence-electron chi connectivity index (χ0n) is 16.1. The van der Waals surface area contributed by atoms with Crippen LogP contribution >= 0.6 is 11.8 Å². The Balaban J connectivity index is 1.42. The first-order valence-corrected chi connectivity index (χ1v) is 10.4. The molecule has 1 aromatic carbocycles. The van der Waals surface area contributed by atoms with E-state index in [0.29, 0.717) is 18.3 Å². The molecule has 0 bridgehead atoms. The topological polar surface area (TPSA) is 63.9 Å². The number of hydrogen-bond donors (Lipinski definition) is 0. The van der Waals surface area contributed by atoms with Gasteiger partial charge in [0.1, 0.15) is 0 Å². The molecule has 1 saturated carbocycles. The van der Waals surface area contributed by atoms with Gasteiger partial charge in [0.15, 0.2) is 11.0 Å². The van der Waals surface area contributed by atoms with Crippen molar-refractivity contribution in [2.24, 2.45) is 0 Å². The first kappa shape index (κ1) is 18.7. The molecule has 7 heteroatoms. The summed E-state index contributed by atoms with van der Waals surface area (Å²) in [7, 11) is 1.84. The Hall–Kier alpha value is -2.67. The fourth-order valence-corrected chi connectivity index (χ4v) is 3.97. The monoisotopic (exact) mass is 393 g/mol. The molecule has 28 heavy (non-hydrogen) atoms. The molecule has 0 atom stereocenters. The average Bonchev–Trinajstić information content (AvgIpc) is 3.47. The van der Waals surface area contributed by atoms with E-state index in [1.165, 1.54) is 17.3 Å². The predicted molar refractivity (Wildman–Crippen MR) is 110 cm³/mol. The van der Waals surface area contributed by atoms with Crippen molar-refractivity contribution in [3.63, 3.8) is 0 Å². The van der Waals surface area contributed by atoms with E-state index in [1.54, 1.807) is 17.3 Å². The van der Waals surface area contributed by atoms with Crippen LogP contribution in [0, 0.1) is 6.92 Å². The molecule has 0 spiro atoms. The number of benzene rings is 1. The summed E-state index contributed by atoms with van der Waals surface area (Å²) in [6.07, 6.45) is 5.78. The van der Waals surface area contributed by atoms with Gasteiger partial charge in [-0.05, 0) is 37.5 Å². The second-order valence-electron chi connectivity index (χ2n) is 7.17. The van der Waals surface area contributed by atoms with E-state index in [-0.39, 0.29) is 5.91 Å². The van der Waals surface area contributed by atoms with Crippen LogP contribution in [0.3, 0.4) is 0 Å². The Labute approximate surface area is 169 Å². The van der Waals surface area contributed by atoms with Crippen LogP contribution in [-0.2, 0) is 11.3 Å². The molecule has 0 aliphatic heterocycles. The van der Waals surface area contributed by atoms with Gasteiger partial charge in [0.25, 0.3) is 0 Å². The molecule has 1 amide bonds. The van der Waals surface area contributed by atoms with Gasteiger partial charge in [0.05, 0.1) is 5.75 Å². The predicted octanol–water partition coefficient (Wildman–Crippen LogP) is 3.73. The molecule has 1 aliphatic rings. The summed E-state index contributed by atoms with van der Waals surface area (Å²) >= 11 is 1.46. The van der Waals surface area contributed by atoms with E-state index < -0.39 is 0 Å². The van der Waals surface area contributed by atoms with E-state index in [4.69, 9.17) is 0 Å². The molecule has 0 radical (unpaired) electrons. The molecule has 1 fully saturated rings. The number of thioether (sulfide) groups is 1. The molecule has 0 saturated heterocycles. The van der Waals surface area contributed by atoms with Crippen LogP contribution in [0.25, 0.3) is 11.4 Å². The summed E-state index contributed by atoms with van der Waals surface area (Å²) in [5, 5.41) is 9.56. The number of hydrogen-bond acceptors (Lipinski definition) is 5. The molecular formula is C21H23N5OS. The van der Waals surface area contributed by atoms with Crippen LogP contribution in [0.2, 0.25) is 0 Å². The third-order valence-electron chi connectivity index (χ3n) is 4.81. The number of carbonyl (C=O) groups excluding carboxylic acids is 1. The van der Waals surface area contributed by atoms with E-state index >= 15 is 0 Å². The van der Waals surface area contributed by atoms with Crippen molar-refractivity contribution >= 4 is 17.7 Å². The molecule has 0 unspecified atom stereocenters. The van der Waals surface area contributed by atoms with Gasteiger partial charge in [0.2, 0.25) is 5.91 Å². The standard InChI is InChI=1S/C21H23N5OS/c1-15-3-5-16(6-4-15)13-25(2)19(27)14-28-21-24-23-20(26(21)18-7-8-18)17-9-11-22-12-10-17/h3-6,9-12,18H,7-8,13-14H2,1-2H3. The Morgan fingerprint density at radius 2 is 1.86 bits per heavy atom. The number of nitrogens with zero attached hydrogens (tertiary/aromatic N) is 5. The highest BCUT2D eigenvalue weighted by atomic mass is 32.2.